The quantitative estimate of drug-likeness (QED) is 0.832. The van der Waals surface area contributed by atoms with Crippen molar-refractivity contribution in [2.45, 2.75) is 13.8 Å². The Labute approximate surface area is 101 Å². The van der Waals surface area contributed by atoms with Crippen LogP contribution in [0.5, 0.6) is 0 Å². The fraction of sp³-hybridized carbons (Fsp3) is 0.133. The molecule has 0 aliphatic rings. The summed E-state index contributed by atoms with van der Waals surface area (Å²) in [6.45, 7) is 7.98. The van der Waals surface area contributed by atoms with E-state index >= 15 is 0 Å². The van der Waals surface area contributed by atoms with Crippen molar-refractivity contribution in [1.82, 2.24) is 10.2 Å². The van der Waals surface area contributed by atoms with Crippen LogP contribution in [0.15, 0.2) is 42.7 Å². The van der Waals surface area contributed by atoms with E-state index in [9.17, 15) is 0 Å². The molecule has 0 radical (unpaired) electrons. The number of nitrogens with zero attached hydrogens (tertiary/aromatic N) is 1. The third-order valence-electron chi connectivity index (χ3n) is 2.63. The van der Waals surface area contributed by atoms with Crippen molar-refractivity contribution >= 4 is 12.2 Å². The van der Waals surface area contributed by atoms with Gasteiger partial charge in [0, 0.05) is 11.8 Å². The molecule has 1 aromatic carbocycles. The summed E-state index contributed by atoms with van der Waals surface area (Å²) >= 11 is 0. The van der Waals surface area contributed by atoms with E-state index in [1.54, 1.807) is 0 Å². The maximum atomic E-state index is 3.97. The van der Waals surface area contributed by atoms with Crippen molar-refractivity contribution in [3.8, 4) is 11.1 Å². The molecule has 0 aliphatic carbocycles. The zero-order chi connectivity index (χ0) is 12.3. The number of aromatic amines is 1. The van der Waals surface area contributed by atoms with E-state index in [-0.39, 0.29) is 0 Å². The van der Waals surface area contributed by atoms with Crippen molar-refractivity contribution < 1.29 is 0 Å². The molecule has 2 rings (SSSR count). The van der Waals surface area contributed by atoms with Gasteiger partial charge in [-0.2, -0.15) is 5.10 Å². The van der Waals surface area contributed by atoms with E-state index in [1.807, 2.05) is 26.2 Å². The van der Waals surface area contributed by atoms with Crippen LogP contribution in [0.3, 0.4) is 0 Å². The largest absolute Gasteiger partial charge is 0.285 e. The van der Waals surface area contributed by atoms with Gasteiger partial charge in [0.25, 0.3) is 0 Å². The number of hydrogen-bond acceptors (Lipinski definition) is 1. The van der Waals surface area contributed by atoms with E-state index in [0.29, 0.717) is 0 Å². The van der Waals surface area contributed by atoms with Crippen LogP contribution in [0.2, 0.25) is 0 Å². The van der Waals surface area contributed by atoms with Crippen molar-refractivity contribution in [1.29, 1.82) is 0 Å². The molecular weight excluding hydrogens is 208 g/mol. The summed E-state index contributed by atoms with van der Waals surface area (Å²) < 4.78 is 0. The van der Waals surface area contributed by atoms with Crippen LogP contribution in [0.1, 0.15) is 13.8 Å². The van der Waals surface area contributed by atoms with Gasteiger partial charge in [-0.3, -0.25) is 5.10 Å². The lowest BCUT2D eigenvalue weighted by molar-refractivity contribution is 1.09. The standard InChI is InChI=1S/C15H16N2/c1-4-12-5-6-13(15-9-16-17-10-15)8-14(12)7-11(2)3/h4-10H,2H2,1,3H3,(H,16,17)/b12-4-,14-7-. The minimum atomic E-state index is 1.05. The van der Waals surface area contributed by atoms with Crippen LogP contribution in [0.25, 0.3) is 23.3 Å². The van der Waals surface area contributed by atoms with E-state index < -0.39 is 0 Å². The highest BCUT2D eigenvalue weighted by Crippen LogP contribution is 2.13. The van der Waals surface area contributed by atoms with Gasteiger partial charge in [-0.05, 0) is 35.9 Å². The van der Waals surface area contributed by atoms with Gasteiger partial charge in [0.1, 0.15) is 0 Å². The zero-order valence-corrected chi connectivity index (χ0v) is 10.2. The highest BCUT2D eigenvalue weighted by molar-refractivity contribution is 5.63. The minimum Gasteiger partial charge on any atom is -0.285 e. The maximum absolute atomic E-state index is 3.97. The molecule has 86 valence electrons. The van der Waals surface area contributed by atoms with Gasteiger partial charge in [-0.25, -0.2) is 0 Å². The average Bonchev–Trinajstić information content (AvgIpc) is 2.81. The molecular formula is C15H16N2. The van der Waals surface area contributed by atoms with Gasteiger partial charge in [0.2, 0.25) is 0 Å². The van der Waals surface area contributed by atoms with Crippen LogP contribution < -0.4 is 10.4 Å². The smallest absolute Gasteiger partial charge is 0.0565 e. The number of H-pyrrole nitrogens is 1. The first-order valence-corrected chi connectivity index (χ1v) is 5.63. The molecule has 0 saturated carbocycles. The SMILES string of the molecule is C=C(C)/C=c1/cc(-c2cn[nH]c2)cc/c1=C/C. The number of benzene rings is 1. The molecule has 0 unspecified atom stereocenters. The summed E-state index contributed by atoms with van der Waals surface area (Å²) in [4.78, 5) is 0. The van der Waals surface area contributed by atoms with Crippen molar-refractivity contribution in [3.05, 3.63) is 53.2 Å². The van der Waals surface area contributed by atoms with Crippen molar-refractivity contribution in [3.63, 3.8) is 0 Å². The van der Waals surface area contributed by atoms with Gasteiger partial charge in [0.15, 0.2) is 0 Å². The highest BCUT2D eigenvalue weighted by Gasteiger charge is 1.98. The molecule has 0 bridgehead atoms. The number of allylic oxidation sites excluding steroid dienone is 1. The summed E-state index contributed by atoms with van der Waals surface area (Å²) in [5.74, 6) is 0. The fourth-order valence-corrected chi connectivity index (χ4v) is 1.82. The third-order valence-corrected chi connectivity index (χ3v) is 2.63. The Balaban J connectivity index is 2.66. The van der Waals surface area contributed by atoms with Gasteiger partial charge in [-0.15, -0.1) is 0 Å². The Hall–Kier alpha value is -2.09. The summed E-state index contributed by atoms with van der Waals surface area (Å²) in [5.41, 5.74) is 3.32. The van der Waals surface area contributed by atoms with Gasteiger partial charge in [0.05, 0.1) is 6.20 Å². The van der Waals surface area contributed by atoms with Crippen LogP contribution in [-0.4, -0.2) is 10.2 Å². The molecule has 0 spiro atoms. The third kappa shape index (κ3) is 2.53. The van der Waals surface area contributed by atoms with Crippen molar-refractivity contribution in [2.75, 3.05) is 0 Å². The lowest BCUT2D eigenvalue weighted by Gasteiger charge is -1.98. The van der Waals surface area contributed by atoms with E-state index in [4.69, 9.17) is 0 Å². The number of rotatable bonds is 2. The Morgan fingerprint density at radius 1 is 1.29 bits per heavy atom. The Morgan fingerprint density at radius 3 is 2.71 bits per heavy atom. The fourth-order valence-electron chi connectivity index (χ4n) is 1.82. The predicted molar refractivity (Wildman–Crippen MR) is 72.7 cm³/mol. The van der Waals surface area contributed by atoms with Crippen molar-refractivity contribution in [2.24, 2.45) is 0 Å². The molecule has 1 N–H and O–H groups in total. The number of hydrogen-bond donors (Lipinski definition) is 1. The summed E-state index contributed by atoms with van der Waals surface area (Å²) in [6, 6.07) is 6.39. The second-order valence-electron chi connectivity index (χ2n) is 4.11. The molecule has 2 nitrogen and oxygen atoms in total. The maximum Gasteiger partial charge on any atom is 0.0565 e. The highest BCUT2D eigenvalue weighted by atomic mass is 15.1. The monoisotopic (exact) mass is 224 g/mol. The Morgan fingerprint density at radius 2 is 2.12 bits per heavy atom. The first kappa shape index (κ1) is 11.4. The van der Waals surface area contributed by atoms with E-state index in [0.717, 1.165) is 16.7 Å². The molecule has 1 heterocycles. The predicted octanol–water partition coefficient (Wildman–Crippen LogP) is 2.23. The molecule has 1 aromatic heterocycles. The second kappa shape index (κ2) is 4.83. The molecule has 0 amide bonds. The Kier molecular flexibility index (Phi) is 3.24. The first-order chi connectivity index (χ1) is 8.20. The summed E-state index contributed by atoms with van der Waals surface area (Å²) in [7, 11) is 0. The van der Waals surface area contributed by atoms with Crippen LogP contribution in [0, 0.1) is 0 Å². The van der Waals surface area contributed by atoms with E-state index in [2.05, 4.69) is 47.1 Å². The second-order valence-corrected chi connectivity index (χ2v) is 4.11. The normalized spacial score (nSPS) is 13.1. The number of aromatic nitrogens is 2. The molecule has 2 heteroatoms. The first-order valence-electron chi connectivity index (χ1n) is 5.63. The molecule has 0 saturated heterocycles. The summed E-state index contributed by atoms with van der Waals surface area (Å²) in [6.07, 6.45) is 7.93. The van der Waals surface area contributed by atoms with Crippen LogP contribution in [-0.2, 0) is 0 Å². The average molecular weight is 224 g/mol. The molecule has 0 fully saturated rings. The lowest BCUT2D eigenvalue weighted by Crippen LogP contribution is -2.23. The Bertz CT molecular complexity index is 634. The number of nitrogens with one attached hydrogen (secondary N) is 1. The topological polar surface area (TPSA) is 28.7 Å². The molecule has 17 heavy (non-hydrogen) atoms. The molecule has 0 atom stereocenters. The van der Waals surface area contributed by atoms with E-state index in [1.165, 1.54) is 10.4 Å². The lowest BCUT2D eigenvalue weighted by atomic mass is 10.1. The minimum absolute atomic E-state index is 1.05. The zero-order valence-electron chi connectivity index (χ0n) is 10.2. The van der Waals surface area contributed by atoms with Gasteiger partial charge in [-0.1, -0.05) is 36.4 Å². The van der Waals surface area contributed by atoms with Gasteiger partial charge < -0.3 is 0 Å². The summed E-state index contributed by atoms with van der Waals surface area (Å²) in [5, 5.41) is 9.22. The van der Waals surface area contributed by atoms with Crippen LogP contribution in [0.4, 0.5) is 0 Å². The molecule has 0 aliphatic heterocycles. The molecule has 2 aromatic rings. The van der Waals surface area contributed by atoms with Gasteiger partial charge >= 0.3 is 0 Å². The van der Waals surface area contributed by atoms with Crippen LogP contribution >= 0.6 is 0 Å².